The van der Waals surface area contributed by atoms with E-state index in [1.165, 1.54) is 4.90 Å². The Balaban J connectivity index is 1.63. The van der Waals surface area contributed by atoms with E-state index in [2.05, 4.69) is 4.98 Å². The Bertz CT molecular complexity index is 604. The molecule has 0 radical (unpaired) electrons. The first kappa shape index (κ1) is 17.8. The van der Waals surface area contributed by atoms with Crippen molar-refractivity contribution in [3.8, 4) is 0 Å². The van der Waals surface area contributed by atoms with Crippen LogP contribution in [0, 0.1) is 0 Å². The number of thioether (sulfide) groups is 1. The fourth-order valence-electron chi connectivity index (χ4n) is 2.09. The number of hydrogen-bond donors (Lipinski definition) is 0. The smallest absolute Gasteiger partial charge is 0.222 e. The number of nitrogens with zero attached hydrogens (tertiary/aromatic N) is 2. The van der Waals surface area contributed by atoms with Crippen molar-refractivity contribution < 1.29 is 4.79 Å². The van der Waals surface area contributed by atoms with E-state index >= 15 is 0 Å². The second-order valence-corrected chi connectivity index (χ2v) is 6.90. The molecule has 5 heteroatoms. The van der Waals surface area contributed by atoms with E-state index < -0.39 is 0 Å². The van der Waals surface area contributed by atoms with E-state index in [1.54, 1.807) is 22.9 Å². The summed E-state index contributed by atoms with van der Waals surface area (Å²) in [4.78, 5) is 19.4. The predicted octanol–water partition coefficient (Wildman–Crippen LogP) is 4.31. The van der Waals surface area contributed by atoms with Crippen molar-refractivity contribution in [1.82, 2.24) is 9.88 Å². The minimum atomic E-state index is 0.192. The third kappa shape index (κ3) is 6.63. The third-order valence-corrected chi connectivity index (χ3v) is 4.82. The van der Waals surface area contributed by atoms with Gasteiger partial charge in [0.2, 0.25) is 5.91 Å². The molecule has 0 unspecified atom stereocenters. The van der Waals surface area contributed by atoms with Crippen molar-refractivity contribution in [3.05, 3.63) is 59.4 Å². The van der Waals surface area contributed by atoms with E-state index in [0.29, 0.717) is 13.0 Å². The molecule has 1 amide bonds. The van der Waals surface area contributed by atoms with E-state index in [-0.39, 0.29) is 5.91 Å². The van der Waals surface area contributed by atoms with Crippen LogP contribution in [0.5, 0.6) is 0 Å². The fourth-order valence-corrected chi connectivity index (χ4v) is 3.07. The Kier molecular flexibility index (Phi) is 7.43. The second kappa shape index (κ2) is 9.58. The van der Waals surface area contributed by atoms with Gasteiger partial charge in [0.15, 0.2) is 0 Å². The highest BCUT2D eigenvalue weighted by Gasteiger charge is 2.08. The topological polar surface area (TPSA) is 33.2 Å². The summed E-state index contributed by atoms with van der Waals surface area (Å²) < 4.78 is 0. The Labute approximate surface area is 147 Å². The highest BCUT2D eigenvalue weighted by Crippen LogP contribution is 2.21. The Morgan fingerprint density at radius 2 is 2.00 bits per heavy atom. The number of likely N-dealkylation sites (N-methyl/N-ethyl adjacent to an activating group) is 1. The molecule has 0 N–H and O–H groups in total. The van der Waals surface area contributed by atoms with Gasteiger partial charge in [-0.3, -0.25) is 9.78 Å². The van der Waals surface area contributed by atoms with Crippen molar-refractivity contribution >= 4 is 29.3 Å². The van der Waals surface area contributed by atoms with Crippen molar-refractivity contribution in [2.45, 2.75) is 24.2 Å². The van der Waals surface area contributed by atoms with Gasteiger partial charge >= 0.3 is 0 Å². The second-order valence-electron chi connectivity index (χ2n) is 5.29. The summed E-state index contributed by atoms with van der Waals surface area (Å²) >= 11 is 7.61. The molecule has 0 saturated heterocycles. The molecule has 3 nitrogen and oxygen atoms in total. The first-order chi connectivity index (χ1) is 11.1. The highest BCUT2D eigenvalue weighted by molar-refractivity contribution is 7.99. The summed E-state index contributed by atoms with van der Waals surface area (Å²) in [5.74, 6) is 1.12. The van der Waals surface area contributed by atoms with Gasteiger partial charge in [0.1, 0.15) is 0 Å². The maximum absolute atomic E-state index is 12.1. The molecule has 0 aliphatic carbocycles. The van der Waals surface area contributed by atoms with Crippen LogP contribution in [-0.2, 0) is 11.2 Å². The average Bonchev–Trinajstić information content (AvgIpc) is 2.59. The molecule has 122 valence electrons. The SMILES string of the molecule is CN(CCc1ccccn1)C(=O)CCCSc1ccc(Cl)cc1. The van der Waals surface area contributed by atoms with Gasteiger partial charge in [0.25, 0.3) is 0 Å². The minimum Gasteiger partial charge on any atom is -0.345 e. The van der Waals surface area contributed by atoms with Crippen LogP contribution >= 0.6 is 23.4 Å². The maximum Gasteiger partial charge on any atom is 0.222 e. The van der Waals surface area contributed by atoms with Crippen molar-refractivity contribution in [2.75, 3.05) is 19.3 Å². The van der Waals surface area contributed by atoms with Gasteiger partial charge in [-0.15, -0.1) is 11.8 Å². The van der Waals surface area contributed by atoms with E-state index in [9.17, 15) is 4.79 Å². The van der Waals surface area contributed by atoms with Crippen LogP contribution in [0.15, 0.2) is 53.6 Å². The van der Waals surface area contributed by atoms with Crippen LogP contribution in [0.3, 0.4) is 0 Å². The summed E-state index contributed by atoms with van der Waals surface area (Å²) in [5.41, 5.74) is 1.02. The molecule has 2 rings (SSSR count). The standard InChI is InChI=1S/C18H21ClN2OS/c1-21(13-11-16-5-2-3-12-20-16)18(22)6-4-14-23-17-9-7-15(19)8-10-17/h2-3,5,7-10,12H,4,6,11,13-14H2,1H3. The summed E-state index contributed by atoms with van der Waals surface area (Å²) in [6.07, 6.45) is 4.03. The molecule has 23 heavy (non-hydrogen) atoms. The maximum atomic E-state index is 12.1. The number of hydrogen-bond acceptors (Lipinski definition) is 3. The fraction of sp³-hybridized carbons (Fsp3) is 0.333. The molecule has 0 spiro atoms. The molecular weight excluding hydrogens is 328 g/mol. The van der Waals surface area contributed by atoms with Crippen LogP contribution in [0.4, 0.5) is 0 Å². The van der Waals surface area contributed by atoms with Gasteiger partial charge in [-0.25, -0.2) is 0 Å². The van der Waals surface area contributed by atoms with Crippen LogP contribution < -0.4 is 0 Å². The van der Waals surface area contributed by atoms with Gasteiger partial charge in [-0.1, -0.05) is 17.7 Å². The number of carbonyl (C=O) groups is 1. The molecule has 0 aliphatic heterocycles. The third-order valence-electron chi connectivity index (χ3n) is 3.47. The zero-order valence-corrected chi connectivity index (χ0v) is 14.8. The quantitative estimate of drug-likeness (QED) is 0.526. The zero-order valence-electron chi connectivity index (χ0n) is 13.2. The predicted molar refractivity (Wildman–Crippen MR) is 97.0 cm³/mol. The number of halogens is 1. The molecule has 0 saturated carbocycles. The molecule has 1 aromatic carbocycles. The van der Waals surface area contributed by atoms with Crippen LogP contribution in [0.25, 0.3) is 0 Å². The van der Waals surface area contributed by atoms with Crippen molar-refractivity contribution in [1.29, 1.82) is 0 Å². The molecule has 2 aromatic rings. The Morgan fingerprint density at radius 3 is 2.70 bits per heavy atom. The van der Waals surface area contributed by atoms with Crippen LogP contribution in [0.1, 0.15) is 18.5 Å². The van der Waals surface area contributed by atoms with E-state index in [4.69, 9.17) is 11.6 Å². The largest absolute Gasteiger partial charge is 0.345 e. The molecule has 0 atom stereocenters. The van der Waals surface area contributed by atoms with Gasteiger partial charge in [-0.2, -0.15) is 0 Å². The van der Waals surface area contributed by atoms with Crippen LogP contribution in [-0.4, -0.2) is 35.1 Å². The first-order valence-electron chi connectivity index (χ1n) is 7.67. The average molecular weight is 349 g/mol. The lowest BCUT2D eigenvalue weighted by Gasteiger charge is -2.16. The lowest BCUT2D eigenvalue weighted by Crippen LogP contribution is -2.28. The van der Waals surface area contributed by atoms with Gasteiger partial charge in [0.05, 0.1) is 0 Å². The summed E-state index contributed by atoms with van der Waals surface area (Å²) in [5, 5.41) is 0.749. The molecule has 0 bridgehead atoms. The highest BCUT2D eigenvalue weighted by atomic mass is 35.5. The minimum absolute atomic E-state index is 0.192. The Hall–Kier alpha value is -1.52. The Morgan fingerprint density at radius 1 is 1.22 bits per heavy atom. The molecular formula is C18H21ClN2OS. The number of amides is 1. The number of benzene rings is 1. The molecule has 1 heterocycles. The summed E-state index contributed by atoms with van der Waals surface area (Å²) in [7, 11) is 1.86. The number of rotatable bonds is 8. The van der Waals surface area contributed by atoms with Gasteiger partial charge in [-0.05, 0) is 48.6 Å². The zero-order chi connectivity index (χ0) is 16.5. The number of aromatic nitrogens is 1. The van der Waals surface area contributed by atoms with Gasteiger partial charge < -0.3 is 4.90 Å². The monoisotopic (exact) mass is 348 g/mol. The van der Waals surface area contributed by atoms with Crippen molar-refractivity contribution in [3.63, 3.8) is 0 Å². The van der Waals surface area contributed by atoms with Crippen molar-refractivity contribution in [2.24, 2.45) is 0 Å². The summed E-state index contributed by atoms with van der Waals surface area (Å²) in [6.45, 7) is 0.709. The van der Waals surface area contributed by atoms with E-state index in [0.717, 1.165) is 29.3 Å². The van der Waals surface area contributed by atoms with Crippen LogP contribution in [0.2, 0.25) is 5.02 Å². The summed E-state index contributed by atoms with van der Waals surface area (Å²) in [6, 6.07) is 13.7. The lowest BCUT2D eigenvalue weighted by atomic mass is 10.2. The molecule has 0 aliphatic rings. The molecule has 1 aromatic heterocycles. The normalized spacial score (nSPS) is 10.5. The van der Waals surface area contributed by atoms with E-state index in [1.807, 2.05) is 49.5 Å². The lowest BCUT2D eigenvalue weighted by molar-refractivity contribution is -0.129. The first-order valence-corrected chi connectivity index (χ1v) is 9.04. The number of pyridine rings is 1. The number of carbonyl (C=O) groups excluding carboxylic acids is 1. The molecule has 0 fully saturated rings. The van der Waals surface area contributed by atoms with Gasteiger partial charge in [0, 0.05) is 48.2 Å².